The van der Waals surface area contributed by atoms with E-state index in [9.17, 15) is 4.39 Å². The molecule has 1 heterocycles. The molecule has 0 bridgehead atoms. The Kier molecular flexibility index (Phi) is 2.98. The average Bonchev–Trinajstić information content (AvgIpc) is 2.97. The highest BCUT2D eigenvalue weighted by atomic mass is 79.9. The lowest BCUT2D eigenvalue weighted by Gasteiger charge is -2.13. The highest BCUT2D eigenvalue weighted by Crippen LogP contribution is 2.35. The van der Waals surface area contributed by atoms with Gasteiger partial charge >= 0.3 is 0 Å². The second-order valence-corrected chi connectivity index (χ2v) is 5.71. The Balaban J connectivity index is 2.25. The third-order valence-electron chi connectivity index (χ3n) is 3.78. The van der Waals surface area contributed by atoms with Crippen molar-refractivity contribution in [2.45, 2.75) is 31.7 Å². The molecule has 0 radical (unpaired) electrons. The third kappa shape index (κ3) is 1.79. The Hall–Kier alpha value is -1.16. The van der Waals surface area contributed by atoms with E-state index in [1.807, 2.05) is 12.3 Å². The summed E-state index contributed by atoms with van der Waals surface area (Å²) in [6, 6.07) is 3.85. The van der Waals surface area contributed by atoms with Gasteiger partial charge in [-0.3, -0.25) is 0 Å². The third-order valence-corrected chi connectivity index (χ3v) is 4.39. The minimum atomic E-state index is -0.269. The lowest BCUT2D eigenvalue weighted by Crippen LogP contribution is -2.02. The molecule has 0 aliphatic heterocycles. The monoisotopic (exact) mass is 308 g/mol. The van der Waals surface area contributed by atoms with Crippen LogP contribution < -0.4 is 0 Å². The quantitative estimate of drug-likeness (QED) is 0.782. The van der Waals surface area contributed by atoms with Crippen LogP contribution in [0.2, 0.25) is 0 Å². The van der Waals surface area contributed by atoms with Crippen LogP contribution in [-0.2, 0) is 0 Å². The van der Waals surface area contributed by atoms with Crippen LogP contribution >= 0.6 is 15.9 Å². The molecule has 0 spiro atoms. The Morgan fingerprint density at radius 3 is 2.72 bits per heavy atom. The summed E-state index contributed by atoms with van der Waals surface area (Å²) >= 11 is 3.24. The van der Waals surface area contributed by atoms with E-state index in [1.54, 1.807) is 0 Å². The molecule has 0 saturated heterocycles. The van der Waals surface area contributed by atoms with Crippen LogP contribution in [0.15, 0.2) is 22.8 Å². The van der Waals surface area contributed by atoms with Gasteiger partial charge in [0, 0.05) is 29.4 Å². The number of nitrogens with one attached hydrogen (secondary N) is 1. The van der Waals surface area contributed by atoms with E-state index < -0.39 is 0 Å². The number of fused-ring (bicyclic) bond motifs is 1. The molecule has 0 unspecified atom stereocenters. The molecule has 1 aromatic carbocycles. The lowest BCUT2D eigenvalue weighted by molar-refractivity contribution is 0.535. The van der Waals surface area contributed by atoms with E-state index in [0.717, 1.165) is 16.5 Å². The topological polar surface area (TPSA) is 28.8 Å². The Labute approximate surface area is 113 Å². The lowest BCUT2D eigenvalue weighted by atomic mass is 10.2. The van der Waals surface area contributed by atoms with Crippen LogP contribution in [0.3, 0.4) is 0 Å². The first-order chi connectivity index (χ1) is 8.70. The Morgan fingerprint density at radius 1 is 1.33 bits per heavy atom. The number of aromatic nitrogens is 1. The van der Waals surface area contributed by atoms with Crippen LogP contribution in [0.25, 0.3) is 10.9 Å². The Morgan fingerprint density at radius 2 is 2.06 bits per heavy atom. The number of rotatable bonds is 2. The van der Waals surface area contributed by atoms with Crippen molar-refractivity contribution in [3.8, 4) is 0 Å². The van der Waals surface area contributed by atoms with E-state index in [4.69, 9.17) is 5.41 Å². The van der Waals surface area contributed by atoms with Crippen LogP contribution in [0, 0.1) is 11.2 Å². The van der Waals surface area contributed by atoms with Gasteiger partial charge in [0.25, 0.3) is 0 Å². The molecule has 2 nitrogen and oxygen atoms in total. The second-order valence-electron chi connectivity index (χ2n) is 4.86. The van der Waals surface area contributed by atoms with Crippen molar-refractivity contribution >= 4 is 33.0 Å². The van der Waals surface area contributed by atoms with E-state index in [2.05, 4.69) is 20.5 Å². The van der Waals surface area contributed by atoms with Gasteiger partial charge < -0.3 is 9.98 Å². The smallest absolute Gasteiger partial charge is 0.138 e. The summed E-state index contributed by atoms with van der Waals surface area (Å²) < 4.78 is 16.3. The molecule has 1 aromatic heterocycles. The first-order valence-electron chi connectivity index (χ1n) is 6.21. The fourth-order valence-electron chi connectivity index (χ4n) is 2.87. The molecule has 1 fully saturated rings. The maximum Gasteiger partial charge on any atom is 0.138 e. The summed E-state index contributed by atoms with van der Waals surface area (Å²) in [6.07, 6.45) is 8.16. The van der Waals surface area contributed by atoms with Gasteiger partial charge in [-0.25, -0.2) is 4.39 Å². The van der Waals surface area contributed by atoms with Crippen molar-refractivity contribution in [3.05, 3.63) is 34.2 Å². The molecule has 1 aliphatic carbocycles. The van der Waals surface area contributed by atoms with Gasteiger partial charge in [0.15, 0.2) is 0 Å². The molecular formula is C14H14BrFN2. The fourth-order valence-corrected chi connectivity index (χ4v) is 3.20. The van der Waals surface area contributed by atoms with Crippen LogP contribution in [0.1, 0.15) is 37.3 Å². The predicted octanol–water partition coefficient (Wildman–Crippen LogP) is 4.66. The van der Waals surface area contributed by atoms with E-state index in [1.165, 1.54) is 38.0 Å². The molecule has 0 atom stereocenters. The van der Waals surface area contributed by atoms with Gasteiger partial charge in [-0.15, -0.1) is 0 Å². The summed E-state index contributed by atoms with van der Waals surface area (Å²) in [5.41, 5.74) is 1.82. The summed E-state index contributed by atoms with van der Waals surface area (Å²) in [5.74, 6) is -0.269. The van der Waals surface area contributed by atoms with Gasteiger partial charge in [0.2, 0.25) is 0 Å². The van der Waals surface area contributed by atoms with Crippen molar-refractivity contribution in [2.24, 2.45) is 0 Å². The molecule has 94 valence electrons. The summed E-state index contributed by atoms with van der Waals surface area (Å²) in [7, 11) is 0. The number of nitrogens with zero attached hydrogens (tertiary/aromatic N) is 1. The maximum atomic E-state index is 13.6. The van der Waals surface area contributed by atoms with Crippen molar-refractivity contribution < 1.29 is 4.39 Å². The van der Waals surface area contributed by atoms with Crippen molar-refractivity contribution in [1.82, 2.24) is 4.57 Å². The number of hydrogen-bond acceptors (Lipinski definition) is 1. The van der Waals surface area contributed by atoms with Crippen LogP contribution in [-0.4, -0.2) is 10.8 Å². The summed E-state index contributed by atoms with van der Waals surface area (Å²) in [4.78, 5) is 0. The molecule has 3 rings (SSSR count). The number of benzene rings is 1. The van der Waals surface area contributed by atoms with Crippen molar-refractivity contribution in [3.63, 3.8) is 0 Å². The highest BCUT2D eigenvalue weighted by molar-refractivity contribution is 9.10. The molecule has 4 heteroatoms. The molecule has 1 aliphatic rings. The molecule has 18 heavy (non-hydrogen) atoms. The highest BCUT2D eigenvalue weighted by Gasteiger charge is 2.20. The zero-order chi connectivity index (χ0) is 12.7. The average molecular weight is 309 g/mol. The number of hydrogen-bond donors (Lipinski definition) is 1. The second kappa shape index (κ2) is 4.50. The minimum Gasteiger partial charge on any atom is -0.344 e. The van der Waals surface area contributed by atoms with Gasteiger partial charge in [-0.05, 0) is 40.9 Å². The molecule has 2 aromatic rings. The van der Waals surface area contributed by atoms with Crippen molar-refractivity contribution in [2.75, 3.05) is 0 Å². The van der Waals surface area contributed by atoms with Crippen molar-refractivity contribution in [1.29, 1.82) is 5.41 Å². The van der Waals surface area contributed by atoms with Crippen LogP contribution in [0.5, 0.6) is 0 Å². The zero-order valence-electron chi connectivity index (χ0n) is 9.92. The molecule has 1 saturated carbocycles. The van der Waals surface area contributed by atoms with Gasteiger partial charge in [0.05, 0.1) is 9.99 Å². The summed E-state index contributed by atoms with van der Waals surface area (Å²) in [5, 5.41) is 8.29. The summed E-state index contributed by atoms with van der Waals surface area (Å²) in [6.45, 7) is 0. The van der Waals surface area contributed by atoms with E-state index >= 15 is 0 Å². The minimum absolute atomic E-state index is 0.269. The van der Waals surface area contributed by atoms with E-state index in [-0.39, 0.29) is 5.82 Å². The Bertz CT molecular complexity index is 612. The molecular weight excluding hydrogens is 295 g/mol. The van der Waals surface area contributed by atoms with Crippen LogP contribution in [0.4, 0.5) is 4.39 Å². The van der Waals surface area contributed by atoms with Gasteiger partial charge in [-0.1, -0.05) is 12.8 Å². The predicted molar refractivity (Wildman–Crippen MR) is 75.0 cm³/mol. The first-order valence-corrected chi connectivity index (χ1v) is 7.00. The molecule has 1 N–H and O–H groups in total. The molecule has 0 amide bonds. The first kappa shape index (κ1) is 11.9. The van der Waals surface area contributed by atoms with Gasteiger partial charge in [-0.2, -0.15) is 0 Å². The van der Waals surface area contributed by atoms with Gasteiger partial charge in [0.1, 0.15) is 5.82 Å². The number of halogens is 2. The standard InChI is InChI=1S/C14H14BrFN2/c15-12-6-14-11(5-13(12)16)9(7-17)8-18(14)10-3-1-2-4-10/h5-8,10,17H,1-4H2. The zero-order valence-corrected chi connectivity index (χ0v) is 11.5. The normalized spacial score (nSPS) is 16.6. The van der Waals surface area contributed by atoms with E-state index in [0.29, 0.717) is 10.5 Å². The largest absolute Gasteiger partial charge is 0.344 e. The maximum absolute atomic E-state index is 13.6. The SMILES string of the molecule is N=Cc1cn(C2CCCC2)c2cc(Br)c(F)cc12. The fraction of sp³-hybridized carbons (Fsp3) is 0.357.